The number of nitrogens with one attached hydrogen (secondary N) is 1. The molecular formula is C27H22ClF3N2O3. The maximum Gasteiger partial charge on any atom is 0.416 e. The zero-order valence-corrected chi connectivity index (χ0v) is 20.2. The molecule has 1 heterocycles. The lowest BCUT2D eigenvalue weighted by molar-refractivity contribution is -0.137. The van der Waals surface area contributed by atoms with Gasteiger partial charge in [-0.25, -0.2) is 4.79 Å². The third kappa shape index (κ3) is 5.39. The number of carbonyl (C=O) groups is 2. The summed E-state index contributed by atoms with van der Waals surface area (Å²) in [6, 6.07) is 16.5. The van der Waals surface area contributed by atoms with E-state index in [9.17, 15) is 22.8 Å². The first-order valence-corrected chi connectivity index (χ1v) is 11.4. The highest BCUT2D eigenvalue weighted by Gasteiger charge is 2.33. The summed E-state index contributed by atoms with van der Waals surface area (Å²) in [6.45, 7) is 2.06. The summed E-state index contributed by atoms with van der Waals surface area (Å²) in [5.74, 6) is -1.14. The number of aromatic nitrogens is 1. The van der Waals surface area contributed by atoms with Crippen molar-refractivity contribution in [2.24, 2.45) is 0 Å². The normalized spacial score (nSPS) is 12.4. The number of nitrogens with zero attached hydrogens (tertiary/aromatic N) is 1. The van der Waals surface area contributed by atoms with Crippen molar-refractivity contribution in [2.75, 3.05) is 7.11 Å². The van der Waals surface area contributed by atoms with E-state index in [-0.39, 0.29) is 5.56 Å². The second-order valence-corrected chi connectivity index (χ2v) is 8.77. The number of fused-ring (bicyclic) bond motifs is 1. The van der Waals surface area contributed by atoms with E-state index in [0.29, 0.717) is 33.6 Å². The molecule has 0 unspecified atom stereocenters. The van der Waals surface area contributed by atoms with Gasteiger partial charge in [-0.1, -0.05) is 35.9 Å². The molecule has 0 radical (unpaired) electrons. The van der Waals surface area contributed by atoms with Crippen LogP contribution in [0.3, 0.4) is 0 Å². The van der Waals surface area contributed by atoms with Crippen LogP contribution in [0.2, 0.25) is 5.02 Å². The molecule has 0 aliphatic rings. The van der Waals surface area contributed by atoms with E-state index in [1.54, 1.807) is 60.2 Å². The van der Waals surface area contributed by atoms with Crippen LogP contribution in [-0.2, 0) is 17.5 Å². The minimum atomic E-state index is -4.61. The number of hydrogen-bond acceptors (Lipinski definition) is 3. The molecule has 0 bridgehead atoms. The minimum Gasteiger partial charge on any atom is -0.465 e. The molecule has 4 rings (SSSR count). The van der Waals surface area contributed by atoms with Gasteiger partial charge in [0.05, 0.1) is 35.4 Å². The van der Waals surface area contributed by atoms with Crippen LogP contribution >= 0.6 is 11.6 Å². The Morgan fingerprint density at radius 1 is 1.03 bits per heavy atom. The first kappa shape index (κ1) is 25.3. The van der Waals surface area contributed by atoms with Crippen molar-refractivity contribution in [1.82, 2.24) is 9.88 Å². The summed E-state index contributed by atoms with van der Waals surface area (Å²) >= 11 is 5.96. The van der Waals surface area contributed by atoms with Gasteiger partial charge in [0.2, 0.25) is 0 Å². The molecule has 0 saturated heterocycles. The average Bonchev–Trinajstić information content (AvgIpc) is 3.26. The molecular weight excluding hydrogens is 493 g/mol. The monoisotopic (exact) mass is 514 g/mol. The van der Waals surface area contributed by atoms with Gasteiger partial charge in [0.15, 0.2) is 0 Å². The van der Waals surface area contributed by atoms with E-state index < -0.39 is 29.7 Å². The molecule has 0 saturated carbocycles. The minimum absolute atomic E-state index is 0.0863. The first-order valence-electron chi connectivity index (χ1n) is 11.0. The second-order valence-electron chi connectivity index (χ2n) is 8.34. The number of esters is 1. The zero-order chi connectivity index (χ0) is 26.0. The molecule has 4 aromatic rings. The fraction of sp³-hybridized carbons (Fsp3) is 0.185. The van der Waals surface area contributed by atoms with E-state index in [4.69, 9.17) is 11.6 Å². The Kier molecular flexibility index (Phi) is 7.08. The number of alkyl halides is 3. The summed E-state index contributed by atoms with van der Waals surface area (Å²) in [5.41, 5.74) is 1.30. The van der Waals surface area contributed by atoms with Gasteiger partial charge in [0.1, 0.15) is 0 Å². The van der Waals surface area contributed by atoms with E-state index in [1.807, 2.05) is 12.1 Å². The van der Waals surface area contributed by atoms with Crippen molar-refractivity contribution in [3.63, 3.8) is 0 Å². The predicted octanol–water partition coefficient (Wildman–Crippen LogP) is 6.64. The fourth-order valence-electron chi connectivity index (χ4n) is 3.99. The molecule has 186 valence electrons. The predicted molar refractivity (Wildman–Crippen MR) is 131 cm³/mol. The van der Waals surface area contributed by atoms with Gasteiger partial charge in [0.25, 0.3) is 5.91 Å². The van der Waals surface area contributed by atoms with Gasteiger partial charge >= 0.3 is 12.1 Å². The third-order valence-electron chi connectivity index (χ3n) is 5.88. The lowest BCUT2D eigenvalue weighted by Gasteiger charge is -2.18. The molecule has 0 aliphatic carbocycles. The van der Waals surface area contributed by atoms with Crippen LogP contribution in [-0.4, -0.2) is 23.6 Å². The summed E-state index contributed by atoms with van der Waals surface area (Å²) in [6.07, 6.45) is -2.96. The second kappa shape index (κ2) is 10.1. The number of amides is 1. The van der Waals surface area contributed by atoms with Crippen LogP contribution in [0.1, 0.15) is 50.4 Å². The Bertz CT molecular complexity index is 1410. The smallest absolute Gasteiger partial charge is 0.416 e. The van der Waals surface area contributed by atoms with Crippen molar-refractivity contribution in [3.05, 3.63) is 106 Å². The van der Waals surface area contributed by atoms with Crippen LogP contribution in [0.25, 0.3) is 10.9 Å². The number of methoxy groups -OCH3 is 1. The highest BCUT2D eigenvalue weighted by atomic mass is 35.5. The molecule has 0 spiro atoms. The van der Waals surface area contributed by atoms with E-state index in [2.05, 4.69) is 10.1 Å². The van der Waals surface area contributed by atoms with Gasteiger partial charge in [-0.3, -0.25) is 4.79 Å². The maximum atomic E-state index is 13.6. The molecule has 1 aromatic heterocycles. The van der Waals surface area contributed by atoms with Gasteiger partial charge in [-0.15, -0.1) is 0 Å². The van der Waals surface area contributed by atoms with Crippen molar-refractivity contribution >= 4 is 34.4 Å². The van der Waals surface area contributed by atoms with E-state index in [0.717, 1.165) is 17.7 Å². The number of carbonyl (C=O) groups excluding carboxylic acids is 2. The van der Waals surface area contributed by atoms with Gasteiger partial charge < -0.3 is 14.6 Å². The van der Waals surface area contributed by atoms with Crippen molar-refractivity contribution in [3.8, 4) is 0 Å². The van der Waals surface area contributed by atoms with Gasteiger partial charge in [0, 0.05) is 23.2 Å². The van der Waals surface area contributed by atoms with Crippen LogP contribution < -0.4 is 5.32 Å². The molecule has 5 nitrogen and oxygen atoms in total. The fourth-order valence-corrected chi connectivity index (χ4v) is 4.11. The van der Waals surface area contributed by atoms with E-state index in [1.165, 1.54) is 7.11 Å². The molecule has 1 atom stereocenters. The quantitative estimate of drug-likeness (QED) is 0.293. The SMILES string of the molecule is COC(=O)c1ccc([C@H](C)NC(=O)c2cc(C(F)(F)F)cc3ccn(Cc4ccc(Cl)cc4)c23)cc1. The highest BCUT2D eigenvalue weighted by Crippen LogP contribution is 2.34. The highest BCUT2D eigenvalue weighted by molar-refractivity contribution is 6.30. The van der Waals surface area contributed by atoms with Crippen LogP contribution in [0.4, 0.5) is 13.2 Å². The Morgan fingerprint density at radius 3 is 2.31 bits per heavy atom. The lowest BCUT2D eigenvalue weighted by atomic mass is 10.0. The van der Waals surface area contributed by atoms with Crippen LogP contribution in [0, 0.1) is 0 Å². The molecule has 36 heavy (non-hydrogen) atoms. The maximum absolute atomic E-state index is 13.6. The first-order chi connectivity index (χ1) is 17.1. The zero-order valence-electron chi connectivity index (χ0n) is 19.4. The molecule has 1 amide bonds. The van der Waals surface area contributed by atoms with Gasteiger partial charge in [-0.05, 0) is 60.5 Å². The van der Waals surface area contributed by atoms with Crippen molar-refractivity contribution < 1.29 is 27.5 Å². The molecule has 9 heteroatoms. The Balaban J connectivity index is 1.69. The number of benzene rings is 3. The van der Waals surface area contributed by atoms with Gasteiger partial charge in [-0.2, -0.15) is 13.2 Å². The van der Waals surface area contributed by atoms with Crippen LogP contribution in [0.15, 0.2) is 72.9 Å². The van der Waals surface area contributed by atoms with Crippen molar-refractivity contribution in [1.29, 1.82) is 0 Å². The average molecular weight is 515 g/mol. The lowest BCUT2D eigenvalue weighted by Crippen LogP contribution is -2.27. The summed E-state index contributed by atoms with van der Waals surface area (Å²) < 4.78 is 47.3. The third-order valence-corrected chi connectivity index (χ3v) is 6.13. The standard InChI is InChI=1S/C27H22ClF3N2O3/c1-16(18-5-7-19(8-6-18)26(35)36-2)32-25(34)23-14-21(27(29,30)31)13-20-11-12-33(24(20)23)15-17-3-9-22(28)10-4-17/h3-14,16H,15H2,1-2H3,(H,32,34)/t16-/m0/s1. The summed E-state index contributed by atoms with van der Waals surface area (Å²) in [7, 11) is 1.28. The molecule has 3 aromatic carbocycles. The number of hydrogen-bond donors (Lipinski definition) is 1. The van der Waals surface area contributed by atoms with Crippen molar-refractivity contribution in [2.45, 2.75) is 25.7 Å². The molecule has 0 aliphatic heterocycles. The summed E-state index contributed by atoms with van der Waals surface area (Å²) in [4.78, 5) is 25.0. The molecule has 0 fully saturated rings. The summed E-state index contributed by atoms with van der Waals surface area (Å²) in [5, 5.41) is 3.65. The Morgan fingerprint density at radius 2 is 1.69 bits per heavy atom. The Labute approximate surface area is 210 Å². The largest absolute Gasteiger partial charge is 0.465 e. The Hall–Kier alpha value is -3.78. The van der Waals surface area contributed by atoms with E-state index >= 15 is 0 Å². The number of rotatable bonds is 6. The topological polar surface area (TPSA) is 60.3 Å². The van der Waals surface area contributed by atoms with Crippen LogP contribution in [0.5, 0.6) is 0 Å². The number of ether oxygens (including phenoxy) is 1. The number of halogens is 4. The molecule has 1 N–H and O–H groups in total.